The number of hydrogen-bond donors (Lipinski definition) is 2. The maximum atomic E-state index is 11.8. The van der Waals surface area contributed by atoms with E-state index in [1.165, 1.54) is 0 Å². The van der Waals surface area contributed by atoms with Crippen molar-refractivity contribution in [2.24, 2.45) is 0 Å². The molecule has 0 saturated heterocycles. The first-order chi connectivity index (χ1) is 7.66. The van der Waals surface area contributed by atoms with Crippen LogP contribution in [-0.2, 0) is 0 Å². The number of aryl methyl sites for hydroxylation is 1. The van der Waals surface area contributed by atoms with Crippen LogP contribution in [0.4, 0.5) is 5.69 Å². The number of anilines is 1. The normalized spacial score (nSPS) is 10.1. The van der Waals surface area contributed by atoms with E-state index < -0.39 is 0 Å². The van der Waals surface area contributed by atoms with Crippen LogP contribution in [-0.4, -0.2) is 16.1 Å². The molecule has 0 spiro atoms. The van der Waals surface area contributed by atoms with Crippen molar-refractivity contribution in [1.82, 2.24) is 10.2 Å². The molecule has 0 fully saturated rings. The zero-order valence-electron chi connectivity index (χ0n) is 8.62. The van der Waals surface area contributed by atoms with Crippen molar-refractivity contribution >= 4 is 23.2 Å². The van der Waals surface area contributed by atoms with Crippen molar-refractivity contribution in [2.45, 2.75) is 6.92 Å². The van der Waals surface area contributed by atoms with Gasteiger partial charge in [-0.1, -0.05) is 17.7 Å². The molecule has 0 unspecified atom stereocenters. The summed E-state index contributed by atoms with van der Waals surface area (Å²) in [6.07, 6.45) is 1.60. The van der Waals surface area contributed by atoms with Crippen LogP contribution in [0.25, 0.3) is 0 Å². The lowest BCUT2D eigenvalue weighted by Crippen LogP contribution is -2.13. The van der Waals surface area contributed by atoms with Crippen molar-refractivity contribution in [2.75, 3.05) is 5.32 Å². The Labute approximate surface area is 97.6 Å². The molecule has 1 aromatic carbocycles. The summed E-state index contributed by atoms with van der Waals surface area (Å²) in [5.74, 6) is -0.225. The minimum atomic E-state index is -0.225. The number of H-pyrrole nitrogens is 1. The number of carbonyl (C=O) groups is 1. The van der Waals surface area contributed by atoms with Gasteiger partial charge in [0.05, 0.1) is 6.20 Å². The van der Waals surface area contributed by atoms with Gasteiger partial charge in [0.15, 0.2) is 0 Å². The molecule has 1 amide bonds. The van der Waals surface area contributed by atoms with Crippen LogP contribution in [0.15, 0.2) is 30.5 Å². The Morgan fingerprint density at radius 2 is 2.31 bits per heavy atom. The van der Waals surface area contributed by atoms with E-state index in [1.807, 2.05) is 6.92 Å². The lowest BCUT2D eigenvalue weighted by Gasteiger charge is -2.04. The van der Waals surface area contributed by atoms with Crippen LogP contribution in [0.2, 0.25) is 5.02 Å². The first-order valence-electron chi connectivity index (χ1n) is 4.73. The molecule has 2 N–H and O–H groups in total. The standard InChI is InChI=1S/C11H10ClN3O/c1-7-6-13-15-10(7)11(16)14-9-4-2-3-8(12)5-9/h2-6H,1H3,(H,13,15)(H,14,16). The molecule has 16 heavy (non-hydrogen) atoms. The number of rotatable bonds is 2. The van der Waals surface area contributed by atoms with Crippen molar-refractivity contribution < 1.29 is 4.79 Å². The van der Waals surface area contributed by atoms with E-state index in [-0.39, 0.29) is 5.91 Å². The minimum Gasteiger partial charge on any atom is -0.321 e. The number of aromatic amines is 1. The quantitative estimate of drug-likeness (QED) is 0.841. The smallest absolute Gasteiger partial charge is 0.273 e. The molecule has 0 bridgehead atoms. The van der Waals surface area contributed by atoms with Gasteiger partial charge in [0, 0.05) is 10.7 Å². The molecule has 0 aliphatic heterocycles. The molecule has 4 nitrogen and oxygen atoms in total. The highest BCUT2D eigenvalue weighted by atomic mass is 35.5. The van der Waals surface area contributed by atoms with Gasteiger partial charge in [0.2, 0.25) is 0 Å². The maximum absolute atomic E-state index is 11.8. The zero-order valence-corrected chi connectivity index (χ0v) is 9.38. The molecule has 0 atom stereocenters. The van der Waals surface area contributed by atoms with Gasteiger partial charge in [0.1, 0.15) is 5.69 Å². The summed E-state index contributed by atoms with van der Waals surface area (Å²) in [6, 6.07) is 6.98. The summed E-state index contributed by atoms with van der Waals surface area (Å²) >= 11 is 5.81. The van der Waals surface area contributed by atoms with Crippen LogP contribution < -0.4 is 5.32 Å². The Balaban J connectivity index is 2.17. The van der Waals surface area contributed by atoms with E-state index in [1.54, 1.807) is 30.5 Å². The Morgan fingerprint density at radius 3 is 2.94 bits per heavy atom. The molecule has 5 heteroatoms. The highest BCUT2D eigenvalue weighted by molar-refractivity contribution is 6.30. The van der Waals surface area contributed by atoms with Crippen molar-refractivity contribution in [3.8, 4) is 0 Å². The molecule has 2 aromatic rings. The lowest BCUT2D eigenvalue weighted by molar-refractivity contribution is 0.102. The summed E-state index contributed by atoms with van der Waals surface area (Å²) in [6.45, 7) is 1.82. The average molecular weight is 236 g/mol. The molecular weight excluding hydrogens is 226 g/mol. The topological polar surface area (TPSA) is 57.8 Å². The summed E-state index contributed by atoms with van der Waals surface area (Å²) in [4.78, 5) is 11.8. The monoisotopic (exact) mass is 235 g/mol. The van der Waals surface area contributed by atoms with Gasteiger partial charge < -0.3 is 5.32 Å². The largest absolute Gasteiger partial charge is 0.321 e. The van der Waals surface area contributed by atoms with Crippen LogP contribution >= 0.6 is 11.6 Å². The SMILES string of the molecule is Cc1cn[nH]c1C(=O)Nc1cccc(Cl)c1. The third kappa shape index (κ3) is 2.23. The van der Waals surface area contributed by atoms with Crippen molar-refractivity contribution in [3.63, 3.8) is 0 Å². The number of nitrogens with one attached hydrogen (secondary N) is 2. The van der Waals surface area contributed by atoms with Gasteiger partial charge in [-0.2, -0.15) is 5.10 Å². The van der Waals surface area contributed by atoms with Crippen LogP contribution in [0.1, 0.15) is 16.1 Å². The highest BCUT2D eigenvalue weighted by Gasteiger charge is 2.10. The summed E-state index contributed by atoms with van der Waals surface area (Å²) < 4.78 is 0. The molecule has 1 heterocycles. The van der Waals surface area contributed by atoms with Crippen LogP contribution in [0.3, 0.4) is 0 Å². The fourth-order valence-corrected chi connectivity index (χ4v) is 1.53. The number of nitrogens with zero attached hydrogens (tertiary/aromatic N) is 1. The van der Waals surface area contributed by atoms with Crippen LogP contribution in [0.5, 0.6) is 0 Å². The van der Waals surface area contributed by atoms with Gasteiger partial charge in [0.25, 0.3) is 5.91 Å². The first kappa shape index (κ1) is 10.7. The number of amides is 1. The highest BCUT2D eigenvalue weighted by Crippen LogP contribution is 2.16. The summed E-state index contributed by atoms with van der Waals surface area (Å²) in [7, 11) is 0. The Morgan fingerprint density at radius 1 is 1.50 bits per heavy atom. The predicted octanol–water partition coefficient (Wildman–Crippen LogP) is 2.62. The Bertz CT molecular complexity index is 521. The van der Waals surface area contributed by atoms with E-state index >= 15 is 0 Å². The van der Waals surface area contributed by atoms with Crippen molar-refractivity contribution in [3.05, 3.63) is 46.7 Å². The summed E-state index contributed by atoms with van der Waals surface area (Å²) in [5.41, 5.74) is 1.92. The van der Waals surface area contributed by atoms with E-state index in [4.69, 9.17) is 11.6 Å². The van der Waals surface area contributed by atoms with Gasteiger partial charge in [-0.3, -0.25) is 9.89 Å². The van der Waals surface area contributed by atoms with Gasteiger partial charge in [-0.05, 0) is 30.7 Å². The number of halogens is 1. The van der Waals surface area contributed by atoms with E-state index in [2.05, 4.69) is 15.5 Å². The zero-order chi connectivity index (χ0) is 11.5. The third-order valence-electron chi connectivity index (χ3n) is 2.14. The van der Waals surface area contributed by atoms with Crippen molar-refractivity contribution in [1.29, 1.82) is 0 Å². The lowest BCUT2D eigenvalue weighted by atomic mass is 10.2. The number of carbonyl (C=O) groups excluding carboxylic acids is 1. The molecule has 0 aliphatic rings. The Kier molecular flexibility index (Phi) is 2.92. The first-order valence-corrected chi connectivity index (χ1v) is 5.11. The Hall–Kier alpha value is -1.81. The fourth-order valence-electron chi connectivity index (χ4n) is 1.34. The predicted molar refractivity (Wildman–Crippen MR) is 62.7 cm³/mol. The number of hydrogen-bond acceptors (Lipinski definition) is 2. The van der Waals surface area contributed by atoms with E-state index in [0.717, 1.165) is 5.56 Å². The maximum Gasteiger partial charge on any atom is 0.273 e. The number of benzene rings is 1. The van der Waals surface area contributed by atoms with E-state index in [9.17, 15) is 4.79 Å². The molecule has 0 saturated carbocycles. The molecule has 2 rings (SSSR count). The van der Waals surface area contributed by atoms with Gasteiger partial charge in [-0.15, -0.1) is 0 Å². The second-order valence-corrected chi connectivity index (χ2v) is 3.83. The van der Waals surface area contributed by atoms with Gasteiger partial charge >= 0.3 is 0 Å². The second kappa shape index (κ2) is 4.37. The molecular formula is C11H10ClN3O. The molecule has 1 aromatic heterocycles. The average Bonchev–Trinajstić information content (AvgIpc) is 2.64. The van der Waals surface area contributed by atoms with Crippen LogP contribution in [0, 0.1) is 6.92 Å². The second-order valence-electron chi connectivity index (χ2n) is 3.39. The van der Waals surface area contributed by atoms with E-state index in [0.29, 0.717) is 16.4 Å². The third-order valence-corrected chi connectivity index (χ3v) is 2.37. The molecule has 82 valence electrons. The van der Waals surface area contributed by atoms with Gasteiger partial charge in [-0.25, -0.2) is 0 Å². The molecule has 0 aliphatic carbocycles. The molecule has 0 radical (unpaired) electrons. The summed E-state index contributed by atoms with van der Waals surface area (Å²) in [5, 5.41) is 9.75. The minimum absolute atomic E-state index is 0.225. The fraction of sp³-hybridized carbons (Fsp3) is 0.0909. The number of aromatic nitrogens is 2.